The summed E-state index contributed by atoms with van der Waals surface area (Å²) in [7, 11) is 0. The van der Waals surface area contributed by atoms with Gasteiger partial charge in [0.05, 0.1) is 6.04 Å². The van der Waals surface area contributed by atoms with Crippen molar-refractivity contribution in [2.24, 2.45) is 11.3 Å². The molecule has 80 valence electrons. The lowest BCUT2D eigenvalue weighted by Crippen LogP contribution is -2.45. The molecule has 2 N–H and O–H groups in total. The Morgan fingerprint density at radius 3 is 2.86 bits per heavy atom. The Kier molecular flexibility index (Phi) is 2.62. The predicted octanol–water partition coefficient (Wildman–Crippen LogP) is 0.553. The van der Waals surface area contributed by atoms with Gasteiger partial charge in [-0.15, -0.1) is 0 Å². The first kappa shape index (κ1) is 10.1. The topological polar surface area (TPSA) is 41.1 Å². The second-order valence-corrected chi connectivity index (χ2v) is 4.97. The van der Waals surface area contributed by atoms with Gasteiger partial charge in [0, 0.05) is 6.54 Å². The summed E-state index contributed by atoms with van der Waals surface area (Å²) in [5.74, 6) is 0.987. The highest BCUT2D eigenvalue weighted by atomic mass is 16.1. The fraction of sp³-hybridized carbons (Fsp3) is 0.909. The molecular weight excluding hydrogens is 176 g/mol. The van der Waals surface area contributed by atoms with Crippen LogP contribution in [0.25, 0.3) is 0 Å². The summed E-state index contributed by atoms with van der Waals surface area (Å²) in [6.45, 7) is 7.24. The number of Topliss-reactive ketones (excluding diaryl/α,β-unsaturated/α-hetero) is 1. The largest absolute Gasteiger partial charge is 0.316 e. The molecule has 3 heteroatoms. The minimum absolute atomic E-state index is 0.121. The van der Waals surface area contributed by atoms with Crippen LogP contribution in [0.3, 0.4) is 0 Å². The van der Waals surface area contributed by atoms with Crippen molar-refractivity contribution in [3.63, 3.8) is 0 Å². The van der Waals surface area contributed by atoms with E-state index in [1.165, 1.54) is 6.42 Å². The first-order chi connectivity index (χ1) is 6.64. The number of carbonyl (C=O) groups is 1. The van der Waals surface area contributed by atoms with Crippen LogP contribution in [0.5, 0.6) is 0 Å². The highest BCUT2D eigenvalue weighted by molar-refractivity contribution is 5.81. The van der Waals surface area contributed by atoms with Gasteiger partial charge in [-0.25, -0.2) is 0 Å². The molecule has 0 radical (unpaired) electrons. The summed E-state index contributed by atoms with van der Waals surface area (Å²) >= 11 is 0. The van der Waals surface area contributed by atoms with Gasteiger partial charge in [-0.2, -0.15) is 0 Å². The zero-order valence-corrected chi connectivity index (χ0v) is 9.10. The molecule has 3 nitrogen and oxygen atoms in total. The number of nitrogens with one attached hydrogen (secondary N) is 2. The molecule has 2 aliphatic heterocycles. The molecule has 0 aromatic rings. The van der Waals surface area contributed by atoms with Crippen molar-refractivity contribution in [1.82, 2.24) is 10.6 Å². The lowest BCUT2D eigenvalue weighted by Gasteiger charge is -2.39. The van der Waals surface area contributed by atoms with Crippen molar-refractivity contribution in [3.05, 3.63) is 0 Å². The zero-order chi connectivity index (χ0) is 10.2. The van der Waals surface area contributed by atoms with Crippen LogP contribution in [0.15, 0.2) is 0 Å². The number of piperidine rings is 1. The number of hydrogen-bond acceptors (Lipinski definition) is 3. The van der Waals surface area contributed by atoms with Gasteiger partial charge in [0.25, 0.3) is 0 Å². The normalized spacial score (nSPS) is 43.0. The maximum absolute atomic E-state index is 11.3. The molecule has 0 amide bonds. The molecule has 1 spiro atoms. The van der Waals surface area contributed by atoms with Gasteiger partial charge in [0.15, 0.2) is 0 Å². The van der Waals surface area contributed by atoms with Crippen molar-refractivity contribution in [3.8, 4) is 0 Å². The second-order valence-electron chi connectivity index (χ2n) is 4.97. The molecule has 2 fully saturated rings. The zero-order valence-electron chi connectivity index (χ0n) is 9.10. The third-order valence-corrected chi connectivity index (χ3v) is 4.10. The van der Waals surface area contributed by atoms with Gasteiger partial charge >= 0.3 is 0 Å². The lowest BCUT2D eigenvalue weighted by atomic mass is 9.70. The van der Waals surface area contributed by atoms with E-state index in [1.807, 2.05) is 0 Å². The fourth-order valence-corrected chi connectivity index (χ4v) is 2.85. The average molecular weight is 196 g/mol. The summed E-state index contributed by atoms with van der Waals surface area (Å²) in [4.78, 5) is 11.3. The van der Waals surface area contributed by atoms with E-state index in [1.54, 1.807) is 6.92 Å². The first-order valence-corrected chi connectivity index (χ1v) is 5.59. The molecule has 0 saturated carbocycles. The van der Waals surface area contributed by atoms with Crippen LogP contribution in [-0.2, 0) is 4.79 Å². The molecular formula is C11H20N2O. The maximum Gasteiger partial charge on any atom is 0.146 e. The Labute approximate surface area is 85.6 Å². The Morgan fingerprint density at radius 2 is 2.29 bits per heavy atom. The minimum atomic E-state index is 0.121. The van der Waals surface area contributed by atoms with Gasteiger partial charge in [0.1, 0.15) is 5.78 Å². The van der Waals surface area contributed by atoms with Crippen molar-refractivity contribution in [2.75, 3.05) is 19.6 Å². The van der Waals surface area contributed by atoms with Crippen LogP contribution in [0.4, 0.5) is 0 Å². The number of carbonyl (C=O) groups excluding carboxylic acids is 1. The number of ketones is 1. The average Bonchev–Trinajstić information content (AvgIpc) is 2.56. The maximum atomic E-state index is 11.3. The molecule has 0 aromatic carbocycles. The van der Waals surface area contributed by atoms with Crippen molar-refractivity contribution >= 4 is 5.78 Å². The Balaban J connectivity index is 2.06. The Morgan fingerprint density at radius 1 is 1.50 bits per heavy atom. The molecule has 2 aliphatic rings. The molecule has 0 bridgehead atoms. The molecule has 2 rings (SSSR count). The summed E-state index contributed by atoms with van der Waals surface area (Å²) in [6, 6.07) is 0.121. The highest BCUT2D eigenvalue weighted by Crippen LogP contribution is 2.41. The van der Waals surface area contributed by atoms with Crippen molar-refractivity contribution in [1.29, 1.82) is 0 Å². The quantitative estimate of drug-likeness (QED) is 0.643. The molecule has 14 heavy (non-hydrogen) atoms. The van der Waals surface area contributed by atoms with Gasteiger partial charge in [0.2, 0.25) is 0 Å². The smallest absolute Gasteiger partial charge is 0.146 e. The van der Waals surface area contributed by atoms with Crippen LogP contribution < -0.4 is 10.6 Å². The highest BCUT2D eigenvalue weighted by Gasteiger charge is 2.45. The molecule has 2 saturated heterocycles. The van der Waals surface area contributed by atoms with E-state index in [0.29, 0.717) is 17.1 Å². The SMILES string of the molecule is CC(=O)C1CC2(CCNCC2C)CN1. The third-order valence-electron chi connectivity index (χ3n) is 4.10. The summed E-state index contributed by atoms with van der Waals surface area (Å²) in [5.41, 5.74) is 0.390. The fourth-order valence-electron chi connectivity index (χ4n) is 2.85. The number of hydrogen-bond donors (Lipinski definition) is 2. The molecule has 3 unspecified atom stereocenters. The molecule has 0 aromatic heterocycles. The lowest BCUT2D eigenvalue weighted by molar-refractivity contribution is -0.118. The first-order valence-electron chi connectivity index (χ1n) is 5.59. The van der Waals surface area contributed by atoms with Crippen molar-refractivity contribution < 1.29 is 4.79 Å². The Hall–Kier alpha value is -0.410. The van der Waals surface area contributed by atoms with Gasteiger partial charge in [-0.1, -0.05) is 6.92 Å². The van der Waals surface area contributed by atoms with E-state index in [-0.39, 0.29) is 6.04 Å². The van der Waals surface area contributed by atoms with E-state index >= 15 is 0 Å². The van der Waals surface area contributed by atoms with Gasteiger partial charge in [-0.3, -0.25) is 4.79 Å². The van der Waals surface area contributed by atoms with Crippen LogP contribution in [0.1, 0.15) is 26.7 Å². The summed E-state index contributed by atoms with van der Waals surface area (Å²) < 4.78 is 0. The predicted molar refractivity (Wildman–Crippen MR) is 56.2 cm³/mol. The van der Waals surface area contributed by atoms with Crippen molar-refractivity contribution in [2.45, 2.75) is 32.7 Å². The van der Waals surface area contributed by atoms with Crippen LogP contribution in [0.2, 0.25) is 0 Å². The standard InChI is InChI=1S/C11H20N2O/c1-8-6-12-4-3-11(8)5-10(9(2)14)13-7-11/h8,10,12-13H,3-7H2,1-2H3. The van der Waals surface area contributed by atoms with E-state index in [0.717, 1.165) is 26.1 Å². The molecule has 3 atom stereocenters. The number of rotatable bonds is 1. The van der Waals surface area contributed by atoms with Crippen LogP contribution in [0, 0.1) is 11.3 Å². The van der Waals surface area contributed by atoms with E-state index in [4.69, 9.17) is 0 Å². The monoisotopic (exact) mass is 196 g/mol. The van der Waals surface area contributed by atoms with Crippen LogP contribution in [-0.4, -0.2) is 31.5 Å². The van der Waals surface area contributed by atoms with E-state index < -0.39 is 0 Å². The minimum Gasteiger partial charge on any atom is -0.316 e. The summed E-state index contributed by atoms with van der Waals surface area (Å²) in [6.07, 6.45) is 2.26. The molecule has 0 aliphatic carbocycles. The molecule has 2 heterocycles. The second kappa shape index (κ2) is 3.63. The van der Waals surface area contributed by atoms with Gasteiger partial charge < -0.3 is 10.6 Å². The third kappa shape index (κ3) is 1.59. The van der Waals surface area contributed by atoms with E-state index in [9.17, 15) is 4.79 Å². The summed E-state index contributed by atoms with van der Waals surface area (Å²) in [5, 5.41) is 6.79. The Bertz CT molecular complexity index is 241. The van der Waals surface area contributed by atoms with E-state index in [2.05, 4.69) is 17.6 Å². The van der Waals surface area contributed by atoms with Crippen LogP contribution >= 0.6 is 0 Å². The van der Waals surface area contributed by atoms with Gasteiger partial charge in [-0.05, 0) is 44.2 Å².